The Labute approximate surface area is 132 Å². The Morgan fingerprint density at radius 2 is 1.91 bits per heavy atom. The van der Waals surface area contributed by atoms with Crippen LogP contribution in [0.25, 0.3) is 0 Å². The molecule has 0 unspecified atom stereocenters. The molecule has 2 N–H and O–H groups in total. The van der Waals surface area contributed by atoms with Gasteiger partial charge >= 0.3 is 0 Å². The Kier molecular flexibility index (Phi) is 6.42. The number of nitriles is 1. The fraction of sp³-hybridized carbons (Fsp3) is 0.556. The first-order valence-corrected chi connectivity index (χ1v) is 8.26. The van der Waals surface area contributed by atoms with Crippen molar-refractivity contribution in [1.29, 1.82) is 5.26 Å². The summed E-state index contributed by atoms with van der Waals surface area (Å²) in [5, 5.41) is 15.2. The molecule has 4 heteroatoms. The van der Waals surface area contributed by atoms with Gasteiger partial charge in [0.1, 0.15) is 0 Å². The summed E-state index contributed by atoms with van der Waals surface area (Å²) in [5.41, 5.74) is 1.23. The predicted molar refractivity (Wildman–Crippen MR) is 88.5 cm³/mol. The molecule has 1 atom stereocenters. The number of carbonyl (C=O) groups is 1. The quantitative estimate of drug-likeness (QED) is 0.893. The van der Waals surface area contributed by atoms with Crippen LogP contribution in [0.15, 0.2) is 24.3 Å². The van der Waals surface area contributed by atoms with Crippen molar-refractivity contribution >= 4 is 11.6 Å². The highest BCUT2D eigenvalue weighted by atomic mass is 16.2. The lowest BCUT2D eigenvalue weighted by Gasteiger charge is -2.24. The molecule has 1 aromatic carbocycles. The van der Waals surface area contributed by atoms with Gasteiger partial charge in [-0.05, 0) is 38.0 Å². The molecule has 0 radical (unpaired) electrons. The SMILES string of the molecule is C[C@H](NC1CCCCCCC1)C(=O)Nc1cccc(C#N)c1. The van der Waals surface area contributed by atoms with Crippen molar-refractivity contribution in [3.8, 4) is 6.07 Å². The summed E-state index contributed by atoms with van der Waals surface area (Å²) < 4.78 is 0. The molecule has 0 aliphatic heterocycles. The Bertz CT molecular complexity index is 527. The first-order valence-electron chi connectivity index (χ1n) is 8.26. The van der Waals surface area contributed by atoms with Gasteiger partial charge in [0.2, 0.25) is 5.91 Å². The van der Waals surface area contributed by atoms with Gasteiger partial charge in [0.15, 0.2) is 0 Å². The molecular formula is C18H25N3O. The zero-order chi connectivity index (χ0) is 15.8. The maximum absolute atomic E-state index is 12.3. The van der Waals surface area contributed by atoms with Crippen LogP contribution in [-0.2, 0) is 4.79 Å². The molecule has 0 saturated heterocycles. The van der Waals surface area contributed by atoms with E-state index in [2.05, 4.69) is 16.7 Å². The lowest BCUT2D eigenvalue weighted by Crippen LogP contribution is -2.44. The van der Waals surface area contributed by atoms with Crippen LogP contribution in [0.2, 0.25) is 0 Å². The molecule has 1 fully saturated rings. The maximum Gasteiger partial charge on any atom is 0.241 e. The van der Waals surface area contributed by atoms with Gasteiger partial charge in [-0.2, -0.15) is 5.26 Å². The summed E-state index contributed by atoms with van der Waals surface area (Å²) in [4.78, 5) is 12.3. The molecule has 0 aromatic heterocycles. The molecule has 1 aliphatic rings. The molecule has 1 saturated carbocycles. The number of anilines is 1. The topological polar surface area (TPSA) is 64.9 Å². The Hall–Kier alpha value is -1.86. The Morgan fingerprint density at radius 1 is 1.23 bits per heavy atom. The van der Waals surface area contributed by atoms with E-state index in [1.165, 1.54) is 32.1 Å². The number of amides is 1. The van der Waals surface area contributed by atoms with Gasteiger partial charge in [-0.1, -0.05) is 38.2 Å². The average molecular weight is 299 g/mol. The van der Waals surface area contributed by atoms with Crippen LogP contribution in [-0.4, -0.2) is 18.0 Å². The van der Waals surface area contributed by atoms with Crippen molar-refractivity contribution in [3.05, 3.63) is 29.8 Å². The third kappa shape index (κ3) is 5.16. The van der Waals surface area contributed by atoms with Crippen molar-refractivity contribution in [2.45, 2.75) is 64.0 Å². The predicted octanol–water partition coefficient (Wildman–Crippen LogP) is 3.59. The van der Waals surface area contributed by atoms with Gasteiger partial charge < -0.3 is 10.6 Å². The minimum Gasteiger partial charge on any atom is -0.325 e. The van der Waals surface area contributed by atoms with Gasteiger partial charge in [0, 0.05) is 11.7 Å². The fourth-order valence-corrected chi connectivity index (χ4v) is 2.97. The summed E-state index contributed by atoms with van der Waals surface area (Å²) in [6.07, 6.45) is 8.76. The number of benzene rings is 1. The highest BCUT2D eigenvalue weighted by Crippen LogP contribution is 2.18. The number of carbonyl (C=O) groups excluding carboxylic acids is 1. The van der Waals surface area contributed by atoms with E-state index in [1.807, 2.05) is 6.92 Å². The maximum atomic E-state index is 12.3. The average Bonchev–Trinajstić information content (AvgIpc) is 2.49. The molecule has 22 heavy (non-hydrogen) atoms. The molecule has 4 nitrogen and oxygen atoms in total. The van der Waals surface area contributed by atoms with Crippen molar-refractivity contribution in [2.75, 3.05) is 5.32 Å². The molecule has 0 bridgehead atoms. The van der Waals surface area contributed by atoms with Crippen LogP contribution in [0.1, 0.15) is 57.4 Å². The molecular weight excluding hydrogens is 274 g/mol. The minimum absolute atomic E-state index is 0.0443. The van der Waals surface area contributed by atoms with E-state index in [0.717, 1.165) is 12.8 Å². The summed E-state index contributed by atoms with van der Waals surface area (Å²) in [6, 6.07) is 9.30. The van der Waals surface area contributed by atoms with E-state index in [-0.39, 0.29) is 11.9 Å². The van der Waals surface area contributed by atoms with E-state index in [0.29, 0.717) is 17.3 Å². The van der Waals surface area contributed by atoms with Crippen LogP contribution in [0.5, 0.6) is 0 Å². The number of hydrogen-bond donors (Lipinski definition) is 2. The highest BCUT2D eigenvalue weighted by molar-refractivity contribution is 5.94. The first kappa shape index (κ1) is 16.5. The zero-order valence-electron chi connectivity index (χ0n) is 13.3. The number of nitrogens with zero attached hydrogens (tertiary/aromatic N) is 1. The second-order valence-electron chi connectivity index (χ2n) is 6.11. The monoisotopic (exact) mass is 299 g/mol. The van der Waals surface area contributed by atoms with E-state index >= 15 is 0 Å². The minimum atomic E-state index is -0.227. The van der Waals surface area contributed by atoms with Gasteiger partial charge in [0.05, 0.1) is 17.7 Å². The highest BCUT2D eigenvalue weighted by Gasteiger charge is 2.18. The number of hydrogen-bond acceptors (Lipinski definition) is 3. The normalized spacial score (nSPS) is 17.8. The van der Waals surface area contributed by atoms with Crippen molar-refractivity contribution < 1.29 is 4.79 Å². The van der Waals surface area contributed by atoms with Gasteiger partial charge in [-0.3, -0.25) is 4.79 Å². The first-order chi connectivity index (χ1) is 10.7. The summed E-state index contributed by atoms with van der Waals surface area (Å²) in [6.45, 7) is 1.91. The van der Waals surface area contributed by atoms with Gasteiger partial charge in [-0.25, -0.2) is 0 Å². The van der Waals surface area contributed by atoms with E-state index in [4.69, 9.17) is 5.26 Å². The van der Waals surface area contributed by atoms with Crippen LogP contribution in [0.4, 0.5) is 5.69 Å². The molecule has 1 amide bonds. The molecule has 1 aromatic rings. The molecule has 0 heterocycles. The lowest BCUT2D eigenvalue weighted by molar-refractivity contribution is -0.118. The molecule has 1 aliphatic carbocycles. The fourth-order valence-electron chi connectivity index (χ4n) is 2.97. The Morgan fingerprint density at radius 3 is 2.59 bits per heavy atom. The lowest BCUT2D eigenvalue weighted by atomic mass is 9.96. The van der Waals surface area contributed by atoms with E-state index < -0.39 is 0 Å². The van der Waals surface area contributed by atoms with Crippen molar-refractivity contribution in [2.24, 2.45) is 0 Å². The molecule has 2 rings (SSSR count). The summed E-state index contributed by atoms with van der Waals surface area (Å²) >= 11 is 0. The third-order valence-corrected chi connectivity index (χ3v) is 4.24. The molecule has 118 valence electrons. The molecule has 0 spiro atoms. The number of rotatable bonds is 4. The smallest absolute Gasteiger partial charge is 0.241 e. The Balaban J connectivity index is 1.86. The third-order valence-electron chi connectivity index (χ3n) is 4.24. The van der Waals surface area contributed by atoms with Gasteiger partial charge in [0.25, 0.3) is 0 Å². The summed E-state index contributed by atoms with van der Waals surface area (Å²) in [5.74, 6) is -0.0443. The van der Waals surface area contributed by atoms with Crippen molar-refractivity contribution in [1.82, 2.24) is 5.32 Å². The van der Waals surface area contributed by atoms with Crippen molar-refractivity contribution in [3.63, 3.8) is 0 Å². The second-order valence-corrected chi connectivity index (χ2v) is 6.11. The van der Waals surface area contributed by atoms with Crippen LogP contribution in [0.3, 0.4) is 0 Å². The summed E-state index contributed by atoms with van der Waals surface area (Å²) in [7, 11) is 0. The largest absolute Gasteiger partial charge is 0.325 e. The second kappa shape index (κ2) is 8.55. The van der Waals surface area contributed by atoms with E-state index in [1.54, 1.807) is 24.3 Å². The number of nitrogens with one attached hydrogen (secondary N) is 2. The zero-order valence-corrected chi connectivity index (χ0v) is 13.3. The van der Waals surface area contributed by atoms with Crippen LogP contribution in [0, 0.1) is 11.3 Å². The van der Waals surface area contributed by atoms with Crippen LogP contribution < -0.4 is 10.6 Å². The van der Waals surface area contributed by atoms with E-state index in [9.17, 15) is 4.79 Å². The van der Waals surface area contributed by atoms with Gasteiger partial charge in [-0.15, -0.1) is 0 Å². The van der Waals surface area contributed by atoms with Crippen LogP contribution >= 0.6 is 0 Å². The standard InChI is InChI=1S/C18H25N3O/c1-14(20-16-9-5-3-2-4-6-10-16)18(22)21-17-11-7-8-15(12-17)13-19/h7-8,11-12,14,16,20H,2-6,9-10H2,1H3,(H,21,22)/t14-/m0/s1.